The summed E-state index contributed by atoms with van der Waals surface area (Å²) in [5.74, 6) is -1.71. The number of hydrogen-bond donors (Lipinski definition) is 1. The maximum atomic E-state index is 13.9. The molecule has 0 radical (unpaired) electrons. The zero-order valence-corrected chi connectivity index (χ0v) is 10.2. The molecule has 19 heavy (non-hydrogen) atoms. The second kappa shape index (κ2) is 4.50. The van der Waals surface area contributed by atoms with Crippen molar-refractivity contribution in [1.82, 2.24) is 4.98 Å². The maximum Gasteiger partial charge on any atom is 0.171 e. The third-order valence-electron chi connectivity index (χ3n) is 3.30. The lowest BCUT2D eigenvalue weighted by molar-refractivity contribution is 0.573. The molecule has 0 fully saturated rings. The van der Waals surface area contributed by atoms with Crippen molar-refractivity contribution >= 4 is 17.3 Å². The van der Waals surface area contributed by atoms with Crippen molar-refractivity contribution in [2.45, 2.75) is 12.8 Å². The highest BCUT2D eigenvalue weighted by atomic mass is 19.1. The molecule has 1 aromatic carbocycles. The largest absolute Gasteiger partial charge is 0.381 e. The Labute approximate surface area is 109 Å². The second-order valence-corrected chi connectivity index (χ2v) is 4.54. The van der Waals surface area contributed by atoms with Gasteiger partial charge >= 0.3 is 0 Å². The normalized spacial score (nSPS) is 14.3. The van der Waals surface area contributed by atoms with Gasteiger partial charge in [0.15, 0.2) is 23.3 Å². The molecule has 98 valence electrons. The molecule has 1 aromatic heterocycles. The molecule has 0 aliphatic carbocycles. The topological polar surface area (TPSA) is 42.1 Å². The maximum absolute atomic E-state index is 13.9. The van der Waals surface area contributed by atoms with Gasteiger partial charge in [-0.2, -0.15) is 0 Å². The highest BCUT2D eigenvalue weighted by Crippen LogP contribution is 2.34. The van der Waals surface area contributed by atoms with Gasteiger partial charge in [-0.25, -0.2) is 13.8 Å². The zero-order chi connectivity index (χ0) is 13.4. The van der Waals surface area contributed by atoms with E-state index in [0.29, 0.717) is 6.54 Å². The van der Waals surface area contributed by atoms with Gasteiger partial charge in [0.1, 0.15) is 0 Å². The number of anilines is 3. The Kier molecular flexibility index (Phi) is 2.81. The van der Waals surface area contributed by atoms with Crippen molar-refractivity contribution in [3.63, 3.8) is 0 Å². The van der Waals surface area contributed by atoms with E-state index >= 15 is 0 Å². The minimum absolute atomic E-state index is 0.0889. The summed E-state index contributed by atoms with van der Waals surface area (Å²) in [5.41, 5.74) is 7.48. The second-order valence-electron chi connectivity index (χ2n) is 4.54. The molecule has 0 saturated carbocycles. The van der Waals surface area contributed by atoms with E-state index in [2.05, 4.69) is 4.98 Å². The molecule has 0 atom stereocenters. The van der Waals surface area contributed by atoms with Gasteiger partial charge in [-0.05, 0) is 24.5 Å². The average molecular weight is 261 g/mol. The van der Waals surface area contributed by atoms with Crippen molar-refractivity contribution in [1.29, 1.82) is 0 Å². The van der Waals surface area contributed by atoms with Gasteiger partial charge in [0, 0.05) is 18.3 Å². The molecule has 1 aliphatic heterocycles. The summed E-state index contributed by atoms with van der Waals surface area (Å²) in [7, 11) is 0. The molecule has 0 bridgehead atoms. The number of nitrogen functional groups attached to an aromatic ring is 1. The predicted molar refractivity (Wildman–Crippen MR) is 70.3 cm³/mol. The van der Waals surface area contributed by atoms with Crippen molar-refractivity contribution in [2.75, 3.05) is 17.2 Å². The highest BCUT2D eigenvalue weighted by molar-refractivity contribution is 5.66. The van der Waals surface area contributed by atoms with Gasteiger partial charge in [0.2, 0.25) is 0 Å². The van der Waals surface area contributed by atoms with Gasteiger partial charge in [-0.3, -0.25) is 0 Å². The summed E-state index contributed by atoms with van der Waals surface area (Å²) < 4.78 is 27.1. The fourth-order valence-electron chi connectivity index (χ4n) is 2.41. The first-order valence-corrected chi connectivity index (χ1v) is 6.14. The lowest BCUT2D eigenvalue weighted by Crippen LogP contribution is -2.26. The molecule has 3 rings (SSSR count). The molecule has 2 N–H and O–H groups in total. The van der Waals surface area contributed by atoms with Crippen LogP contribution in [0.3, 0.4) is 0 Å². The number of aryl methyl sites for hydroxylation is 1. The van der Waals surface area contributed by atoms with E-state index in [-0.39, 0.29) is 11.6 Å². The number of aromatic nitrogens is 1. The van der Waals surface area contributed by atoms with Crippen LogP contribution in [0.1, 0.15) is 12.0 Å². The molecule has 1 aliphatic rings. The first-order chi connectivity index (χ1) is 9.16. The molecule has 5 heteroatoms. The Morgan fingerprint density at radius 2 is 1.95 bits per heavy atom. The average Bonchev–Trinajstić information content (AvgIpc) is 2.42. The lowest BCUT2D eigenvalue weighted by atomic mass is 10.0. The molecule has 0 saturated heterocycles. The third kappa shape index (κ3) is 2.01. The number of benzene rings is 1. The first kappa shape index (κ1) is 11.9. The van der Waals surface area contributed by atoms with E-state index in [1.807, 2.05) is 24.3 Å². The summed E-state index contributed by atoms with van der Waals surface area (Å²) >= 11 is 0. The van der Waals surface area contributed by atoms with E-state index in [4.69, 9.17) is 5.73 Å². The summed E-state index contributed by atoms with van der Waals surface area (Å²) in [4.78, 5) is 5.60. The Morgan fingerprint density at radius 1 is 1.16 bits per heavy atom. The Bertz CT molecular complexity index is 628. The van der Waals surface area contributed by atoms with Crippen LogP contribution in [0.15, 0.2) is 30.3 Å². The fraction of sp³-hybridized carbons (Fsp3) is 0.214. The minimum Gasteiger partial charge on any atom is -0.381 e. The van der Waals surface area contributed by atoms with Crippen LogP contribution in [0.2, 0.25) is 0 Å². The van der Waals surface area contributed by atoms with Crippen molar-refractivity contribution in [3.8, 4) is 0 Å². The van der Waals surface area contributed by atoms with Crippen LogP contribution in [0.4, 0.5) is 26.1 Å². The Morgan fingerprint density at radius 3 is 2.79 bits per heavy atom. The summed E-state index contributed by atoms with van der Waals surface area (Å²) in [6.07, 6.45) is 1.85. The molecule has 0 spiro atoms. The standard InChI is InChI=1S/C14H13F2N3/c15-10-8-11(16)14(18-13(10)17)19-7-3-5-9-4-1-2-6-12(9)19/h1-2,4,6,8H,3,5,7H2,(H2,17,18). The number of para-hydroxylation sites is 1. The van der Waals surface area contributed by atoms with E-state index in [9.17, 15) is 8.78 Å². The quantitative estimate of drug-likeness (QED) is 0.858. The van der Waals surface area contributed by atoms with Gasteiger partial charge in [0.05, 0.1) is 0 Å². The van der Waals surface area contributed by atoms with Crippen LogP contribution in [-0.4, -0.2) is 11.5 Å². The van der Waals surface area contributed by atoms with Gasteiger partial charge < -0.3 is 10.6 Å². The molecular weight excluding hydrogens is 248 g/mol. The van der Waals surface area contributed by atoms with Crippen molar-refractivity contribution in [2.24, 2.45) is 0 Å². The molecule has 2 heterocycles. The van der Waals surface area contributed by atoms with E-state index in [1.165, 1.54) is 0 Å². The zero-order valence-electron chi connectivity index (χ0n) is 10.2. The molecular formula is C14H13F2N3. The van der Waals surface area contributed by atoms with E-state index in [0.717, 1.165) is 30.2 Å². The monoisotopic (exact) mass is 261 g/mol. The molecule has 0 amide bonds. The van der Waals surface area contributed by atoms with Crippen LogP contribution in [-0.2, 0) is 6.42 Å². The van der Waals surface area contributed by atoms with Crippen LogP contribution < -0.4 is 10.6 Å². The smallest absolute Gasteiger partial charge is 0.171 e. The van der Waals surface area contributed by atoms with E-state index in [1.54, 1.807) is 4.90 Å². The van der Waals surface area contributed by atoms with Crippen LogP contribution in [0.5, 0.6) is 0 Å². The third-order valence-corrected chi connectivity index (χ3v) is 3.30. The number of halogens is 2. The summed E-state index contributed by atoms with van der Waals surface area (Å²) in [6, 6.07) is 8.55. The van der Waals surface area contributed by atoms with Gasteiger partial charge in [0.25, 0.3) is 0 Å². The van der Waals surface area contributed by atoms with E-state index < -0.39 is 11.6 Å². The minimum atomic E-state index is -0.827. The lowest BCUT2D eigenvalue weighted by Gasteiger charge is -2.30. The fourth-order valence-corrected chi connectivity index (χ4v) is 2.41. The Balaban J connectivity index is 2.11. The highest BCUT2D eigenvalue weighted by Gasteiger charge is 2.22. The van der Waals surface area contributed by atoms with Crippen LogP contribution >= 0.6 is 0 Å². The number of pyridine rings is 1. The Hall–Kier alpha value is -2.17. The predicted octanol–water partition coefficient (Wildman–Crippen LogP) is 3.03. The number of nitrogens with two attached hydrogens (primary N) is 1. The first-order valence-electron chi connectivity index (χ1n) is 6.14. The van der Waals surface area contributed by atoms with Crippen molar-refractivity contribution in [3.05, 3.63) is 47.5 Å². The number of fused-ring (bicyclic) bond motifs is 1. The molecule has 2 aromatic rings. The molecule has 0 unspecified atom stereocenters. The van der Waals surface area contributed by atoms with Crippen molar-refractivity contribution < 1.29 is 8.78 Å². The number of hydrogen-bond acceptors (Lipinski definition) is 3. The van der Waals surface area contributed by atoms with Gasteiger partial charge in [-0.15, -0.1) is 0 Å². The van der Waals surface area contributed by atoms with Gasteiger partial charge in [-0.1, -0.05) is 18.2 Å². The number of nitrogens with zero attached hydrogens (tertiary/aromatic N) is 2. The SMILES string of the molecule is Nc1nc(N2CCCc3ccccc32)c(F)cc1F. The summed E-state index contributed by atoms with van der Waals surface area (Å²) in [5, 5.41) is 0. The number of rotatable bonds is 1. The van der Waals surface area contributed by atoms with Crippen LogP contribution in [0, 0.1) is 11.6 Å². The summed E-state index contributed by atoms with van der Waals surface area (Å²) in [6.45, 7) is 0.645. The molecule has 3 nitrogen and oxygen atoms in total. The van der Waals surface area contributed by atoms with Crippen LogP contribution in [0.25, 0.3) is 0 Å².